The summed E-state index contributed by atoms with van der Waals surface area (Å²) in [5.41, 5.74) is 0.769. The zero-order chi connectivity index (χ0) is 18.7. The molecule has 2 aliphatic rings. The zero-order valence-corrected chi connectivity index (χ0v) is 16.5. The number of aliphatic hydroxyl groups excluding tert-OH is 1. The van der Waals surface area contributed by atoms with Crippen LogP contribution in [0.4, 0.5) is 0 Å². The quantitative estimate of drug-likeness (QED) is 0.562. The molecule has 3 rings (SSSR count). The second kappa shape index (κ2) is 8.43. The minimum absolute atomic E-state index is 0.151. The Bertz CT molecular complexity index is 768. The van der Waals surface area contributed by atoms with E-state index >= 15 is 0 Å². The molecule has 2 atom stereocenters. The van der Waals surface area contributed by atoms with E-state index < -0.39 is 6.10 Å². The fraction of sp³-hybridized carbons (Fsp3) is 0.353. The molecule has 26 heavy (non-hydrogen) atoms. The number of benzene rings is 1. The SMILES string of the molecule is COc1ccccc1/C=C1\SC(=S)N(CC(=O)N[C@H]2CSC[C@@H]2O)C1=O. The fourth-order valence-electron chi connectivity index (χ4n) is 2.64. The van der Waals surface area contributed by atoms with Crippen molar-refractivity contribution >= 4 is 58.0 Å². The number of carbonyl (C=O) groups is 2. The van der Waals surface area contributed by atoms with Gasteiger partial charge in [-0.2, -0.15) is 11.8 Å². The van der Waals surface area contributed by atoms with Crippen molar-refractivity contribution < 1.29 is 19.4 Å². The van der Waals surface area contributed by atoms with Crippen LogP contribution in [0.3, 0.4) is 0 Å². The molecular formula is C17H18N2O4S3. The van der Waals surface area contributed by atoms with Crippen LogP contribution in [0.1, 0.15) is 5.56 Å². The van der Waals surface area contributed by atoms with Gasteiger partial charge in [0.25, 0.3) is 5.91 Å². The summed E-state index contributed by atoms with van der Waals surface area (Å²) in [6, 6.07) is 7.08. The molecule has 0 aromatic heterocycles. The molecule has 0 bridgehead atoms. The van der Waals surface area contributed by atoms with Crippen LogP contribution in [0.2, 0.25) is 0 Å². The number of aliphatic hydroxyl groups is 1. The Balaban J connectivity index is 1.68. The number of nitrogens with one attached hydrogen (secondary N) is 1. The second-order valence-electron chi connectivity index (χ2n) is 5.79. The summed E-state index contributed by atoms with van der Waals surface area (Å²) < 4.78 is 5.63. The van der Waals surface area contributed by atoms with E-state index in [2.05, 4.69) is 5.32 Å². The number of ether oxygens (including phenoxy) is 1. The van der Waals surface area contributed by atoms with Crippen molar-refractivity contribution in [3.63, 3.8) is 0 Å². The van der Waals surface area contributed by atoms with Crippen LogP contribution in [-0.4, -0.2) is 63.4 Å². The standard InChI is InChI=1S/C17H18N2O4S3/c1-23-13-5-3-2-4-10(13)6-14-16(22)19(17(24)26-14)7-15(21)18-11-8-25-9-12(11)20/h2-6,11-12,20H,7-9H2,1H3,(H,18,21)/b14-6-/t11-,12-/m0/s1. The maximum atomic E-state index is 12.6. The smallest absolute Gasteiger partial charge is 0.266 e. The van der Waals surface area contributed by atoms with E-state index in [9.17, 15) is 14.7 Å². The molecule has 138 valence electrons. The normalized spacial score (nSPS) is 24.4. The van der Waals surface area contributed by atoms with E-state index in [0.29, 0.717) is 26.5 Å². The van der Waals surface area contributed by atoms with Crippen LogP contribution in [0.5, 0.6) is 5.75 Å². The summed E-state index contributed by atoms with van der Waals surface area (Å²) in [5.74, 6) is 1.30. The van der Waals surface area contributed by atoms with Crippen molar-refractivity contribution in [2.24, 2.45) is 0 Å². The third-order valence-corrected chi connectivity index (χ3v) is 6.55. The average Bonchev–Trinajstić information content (AvgIpc) is 3.13. The van der Waals surface area contributed by atoms with Gasteiger partial charge in [0, 0.05) is 17.1 Å². The van der Waals surface area contributed by atoms with Gasteiger partial charge in [-0.25, -0.2) is 0 Å². The number of hydrogen-bond donors (Lipinski definition) is 2. The highest BCUT2D eigenvalue weighted by Crippen LogP contribution is 2.34. The maximum absolute atomic E-state index is 12.6. The first-order valence-corrected chi connectivity index (χ1v) is 10.3. The molecule has 0 radical (unpaired) electrons. The fourth-order valence-corrected chi connectivity index (χ4v) is 5.06. The van der Waals surface area contributed by atoms with Crippen molar-refractivity contribution in [3.05, 3.63) is 34.7 Å². The molecular weight excluding hydrogens is 392 g/mol. The number of carbonyl (C=O) groups excluding carboxylic acids is 2. The van der Waals surface area contributed by atoms with E-state index in [1.54, 1.807) is 24.9 Å². The number of amides is 2. The number of thiocarbonyl (C=S) groups is 1. The average molecular weight is 411 g/mol. The van der Waals surface area contributed by atoms with Crippen LogP contribution in [0, 0.1) is 0 Å². The van der Waals surface area contributed by atoms with E-state index in [0.717, 1.165) is 17.3 Å². The largest absolute Gasteiger partial charge is 0.496 e. The van der Waals surface area contributed by atoms with Crippen molar-refractivity contribution in [1.82, 2.24) is 10.2 Å². The molecule has 9 heteroatoms. The van der Waals surface area contributed by atoms with E-state index in [1.165, 1.54) is 4.90 Å². The summed E-state index contributed by atoms with van der Waals surface area (Å²) >= 11 is 8.00. The van der Waals surface area contributed by atoms with Gasteiger partial charge in [-0.05, 0) is 12.1 Å². The minimum atomic E-state index is -0.555. The van der Waals surface area contributed by atoms with Crippen LogP contribution in [-0.2, 0) is 9.59 Å². The lowest BCUT2D eigenvalue weighted by Crippen LogP contribution is -2.47. The van der Waals surface area contributed by atoms with E-state index in [1.807, 2.05) is 24.3 Å². The molecule has 2 amide bonds. The van der Waals surface area contributed by atoms with Gasteiger partial charge in [0.2, 0.25) is 5.91 Å². The topological polar surface area (TPSA) is 78.9 Å². The summed E-state index contributed by atoms with van der Waals surface area (Å²) in [5, 5.41) is 12.6. The second-order valence-corrected chi connectivity index (χ2v) is 8.54. The number of nitrogens with zero attached hydrogens (tertiary/aromatic N) is 1. The summed E-state index contributed by atoms with van der Waals surface area (Å²) in [4.78, 5) is 26.6. The Morgan fingerprint density at radius 1 is 1.46 bits per heavy atom. The van der Waals surface area contributed by atoms with Crippen molar-refractivity contribution in [2.45, 2.75) is 12.1 Å². The number of methoxy groups -OCH3 is 1. The van der Waals surface area contributed by atoms with Crippen molar-refractivity contribution in [3.8, 4) is 5.75 Å². The molecule has 0 aliphatic carbocycles. The third kappa shape index (κ3) is 4.22. The Morgan fingerprint density at radius 3 is 2.92 bits per heavy atom. The number of thioether (sulfide) groups is 2. The first-order chi connectivity index (χ1) is 12.5. The van der Waals surface area contributed by atoms with Crippen LogP contribution >= 0.6 is 35.7 Å². The predicted molar refractivity (Wildman–Crippen MR) is 108 cm³/mol. The first kappa shape index (κ1) is 19.2. The Kier molecular flexibility index (Phi) is 6.23. The molecule has 2 aliphatic heterocycles. The number of para-hydroxylation sites is 1. The highest BCUT2D eigenvalue weighted by atomic mass is 32.2. The minimum Gasteiger partial charge on any atom is -0.496 e. The lowest BCUT2D eigenvalue weighted by molar-refractivity contribution is -0.129. The molecule has 2 saturated heterocycles. The van der Waals surface area contributed by atoms with Crippen molar-refractivity contribution in [2.75, 3.05) is 25.2 Å². The van der Waals surface area contributed by atoms with Gasteiger partial charge in [0.15, 0.2) is 0 Å². The first-order valence-electron chi connectivity index (χ1n) is 7.93. The Hall–Kier alpha value is -1.55. The summed E-state index contributed by atoms with van der Waals surface area (Å²) in [7, 11) is 1.57. The molecule has 1 aromatic rings. The predicted octanol–water partition coefficient (Wildman–Crippen LogP) is 1.49. The van der Waals surface area contributed by atoms with E-state index in [4.69, 9.17) is 17.0 Å². The zero-order valence-electron chi connectivity index (χ0n) is 14.0. The monoisotopic (exact) mass is 410 g/mol. The lowest BCUT2D eigenvalue weighted by atomic mass is 10.2. The maximum Gasteiger partial charge on any atom is 0.266 e. The van der Waals surface area contributed by atoms with Gasteiger partial charge in [-0.15, -0.1) is 0 Å². The highest BCUT2D eigenvalue weighted by molar-refractivity contribution is 8.26. The van der Waals surface area contributed by atoms with Crippen LogP contribution < -0.4 is 10.1 Å². The molecule has 0 saturated carbocycles. The number of hydrogen-bond acceptors (Lipinski definition) is 7. The van der Waals surface area contributed by atoms with Crippen LogP contribution in [0.15, 0.2) is 29.2 Å². The molecule has 6 nitrogen and oxygen atoms in total. The third-order valence-electron chi connectivity index (χ3n) is 4.00. The van der Waals surface area contributed by atoms with Crippen molar-refractivity contribution in [1.29, 1.82) is 0 Å². The van der Waals surface area contributed by atoms with E-state index in [-0.39, 0.29) is 24.4 Å². The Labute approximate surface area is 165 Å². The molecule has 2 fully saturated rings. The Morgan fingerprint density at radius 2 is 2.23 bits per heavy atom. The molecule has 0 unspecified atom stereocenters. The molecule has 2 N–H and O–H groups in total. The molecule has 0 spiro atoms. The van der Waals surface area contributed by atoms with Gasteiger partial charge in [-0.1, -0.05) is 42.2 Å². The molecule has 1 aromatic carbocycles. The molecule has 2 heterocycles. The summed E-state index contributed by atoms with van der Waals surface area (Å²) in [6.07, 6.45) is 1.16. The van der Waals surface area contributed by atoms with Gasteiger partial charge in [0.1, 0.15) is 16.6 Å². The number of rotatable bonds is 5. The summed E-state index contributed by atoms with van der Waals surface area (Å²) in [6.45, 7) is -0.151. The highest BCUT2D eigenvalue weighted by Gasteiger charge is 2.35. The lowest BCUT2D eigenvalue weighted by Gasteiger charge is -2.18. The van der Waals surface area contributed by atoms with Gasteiger partial charge < -0.3 is 15.2 Å². The van der Waals surface area contributed by atoms with Gasteiger partial charge in [-0.3, -0.25) is 14.5 Å². The van der Waals surface area contributed by atoms with Gasteiger partial charge in [0.05, 0.1) is 24.2 Å². The van der Waals surface area contributed by atoms with Gasteiger partial charge >= 0.3 is 0 Å². The van der Waals surface area contributed by atoms with Crippen LogP contribution in [0.25, 0.3) is 6.08 Å².